The summed E-state index contributed by atoms with van der Waals surface area (Å²) < 4.78 is 0. The molecule has 0 heterocycles. The number of carbonyl (C=O) groups excluding carboxylic acids is 1. The highest BCUT2D eigenvalue weighted by atomic mass is 16.2. The Labute approximate surface area is 97.6 Å². The van der Waals surface area contributed by atoms with Crippen LogP contribution in [0.5, 0.6) is 0 Å². The van der Waals surface area contributed by atoms with Crippen molar-refractivity contribution < 1.29 is 9.82 Å². The van der Waals surface area contributed by atoms with Crippen LogP contribution in [0.4, 0.5) is 0 Å². The average molecular weight is 219 g/mol. The Morgan fingerprint density at radius 3 is 2.19 bits per heavy atom. The van der Waals surface area contributed by atoms with Crippen LogP contribution < -0.4 is 0 Å². The van der Waals surface area contributed by atoms with Gasteiger partial charge in [0.1, 0.15) is 0 Å². The molecule has 0 aromatic rings. The molecule has 0 saturated heterocycles. The second-order valence-electron chi connectivity index (χ2n) is 3.52. The lowest BCUT2D eigenvalue weighted by Gasteiger charge is -2.21. The molecule has 0 unspecified atom stereocenters. The predicted molar refractivity (Wildman–Crippen MR) is 68.7 cm³/mol. The normalized spacial score (nSPS) is 12.0. The van der Waals surface area contributed by atoms with E-state index in [1.165, 1.54) is 4.81 Å². The summed E-state index contributed by atoms with van der Waals surface area (Å²) in [5.41, 5.74) is 1.19. The summed E-state index contributed by atoms with van der Waals surface area (Å²) in [5, 5.41) is 9.84. The van der Waals surface area contributed by atoms with Crippen LogP contribution in [0, 0.1) is 0 Å². The fraction of sp³-hybridized carbons (Fsp3) is 0.250. The standard InChI is InChI=1S/C12H18BNO2/c1-6-8-10(3)12(15)14(5)13(16)11(4)9-7-2/h6-9,16H,1-2H2,3-5H3/b10-8+,11-9+. The van der Waals surface area contributed by atoms with Gasteiger partial charge in [0.25, 0.3) is 0 Å². The highest BCUT2D eigenvalue weighted by Crippen LogP contribution is 2.06. The van der Waals surface area contributed by atoms with Gasteiger partial charge in [-0.15, -0.1) is 0 Å². The van der Waals surface area contributed by atoms with Gasteiger partial charge in [-0.05, 0) is 20.9 Å². The number of hydrogen-bond donors (Lipinski definition) is 1. The molecular formula is C12H18BNO2. The first kappa shape index (κ1) is 14.5. The Bertz CT molecular complexity index is 345. The van der Waals surface area contributed by atoms with Crippen LogP contribution in [-0.4, -0.2) is 29.8 Å². The van der Waals surface area contributed by atoms with Crippen LogP contribution in [0.1, 0.15) is 13.8 Å². The summed E-state index contributed by atoms with van der Waals surface area (Å²) in [5.74, 6) is -0.232. The Kier molecular flexibility index (Phi) is 6.19. The van der Waals surface area contributed by atoms with E-state index in [2.05, 4.69) is 13.2 Å². The van der Waals surface area contributed by atoms with Gasteiger partial charge in [0, 0.05) is 5.57 Å². The van der Waals surface area contributed by atoms with Gasteiger partial charge in [-0.2, -0.15) is 0 Å². The van der Waals surface area contributed by atoms with E-state index in [1.54, 1.807) is 45.2 Å². The van der Waals surface area contributed by atoms with E-state index in [-0.39, 0.29) is 5.91 Å². The smallest absolute Gasteiger partial charge is 0.429 e. The Morgan fingerprint density at radius 2 is 1.75 bits per heavy atom. The second-order valence-corrected chi connectivity index (χ2v) is 3.52. The molecule has 0 rings (SSSR count). The van der Waals surface area contributed by atoms with E-state index in [4.69, 9.17) is 0 Å². The fourth-order valence-corrected chi connectivity index (χ4v) is 1.21. The molecular weight excluding hydrogens is 201 g/mol. The quantitative estimate of drug-likeness (QED) is 0.434. The average Bonchev–Trinajstić information content (AvgIpc) is 2.26. The van der Waals surface area contributed by atoms with E-state index >= 15 is 0 Å². The molecule has 0 aliphatic rings. The molecule has 0 saturated carbocycles. The maximum Gasteiger partial charge on any atom is 0.447 e. The zero-order chi connectivity index (χ0) is 12.7. The van der Waals surface area contributed by atoms with Crippen molar-refractivity contribution in [1.29, 1.82) is 0 Å². The molecule has 0 atom stereocenters. The van der Waals surface area contributed by atoms with Gasteiger partial charge in [0.15, 0.2) is 0 Å². The van der Waals surface area contributed by atoms with Crippen molar-refractivity contribution in [2.75, 3.05) is 7.05 Å². The maximum absolute atomic E-state index is 11.8. The molecule has 0 spiro atoms. The lowest BCUT2D eigenvalue weighted by molar-refractivity contribution is -0.122. The summed E-state index contributed by atoms with van der Waals surface area (Å²) in [6, 6.07) is 0. The molecule has 0 aromatic heterocycles. The highest BCUT2D eigenvalue weighted by Gasteiger charge is 2.25. The number of rotatable bonds is 5. The van der Waals surface area contributed by atoms with E-state index in [9.17, 15) is 9.82 Å². The highest BCUT2D eigenvalue weighted by molar-refractivity contribution is 6.59. The summed E-state index contributed by atoms with van der Waals surface area (Å²) in [7, 11) is 0.618. The lowest BCUT2D eigenvalue weighted by Crippen LogP contribution is -2.42. The number of allylic oxidation sites excluding steroid dienone is 5. The van der Waals surface area contributed by atoms with Crippen LogP contribution in [0.3, 0.4) is 0 Å². The molecule has 0 fully saturated rings. The topological polar surface area (TPSA) is 40.5 Å². The van der Waals surface area contributed by atoms with Crippen molar-refractivity contribution in [2.24, 2.45) is 0 Å². The number of likely N-dealkylation sites (N-methyl/N-ethyl adjacent to an activating group) is 1. The largest absolute Gasteiger partial charge is 0.447 e. The van der Waals surface area contributed by atoms with Crippen molar-refractivity contribution in [3.8, 4) is 0 Å². The summed E-state index contributed by atoms with van der Waals surface area (Å²) in [6.07, 6.45) is 6.39. The molecule has 3 nitrogen and oxygen atoms in total. The van der Waals surface area contributed by atoms with Crippen LogP contribution in [0.25, 0.3) is 0 Å². The van der Waals surface area contributed by atoms with E-state index in [0.717, 1.165) is 0 Å². The van der Waals surface area contributed by atoms with Crippen molar-refractivity contribution in [1.82, 2.24) is 4.81 Å². The van der Waals surface area contributed by atoms with Crippen LogP contribution in [-0.2, 0) is 4.79 Å². The molecule has 1 N–H and O–H groups in total. The van der Waals surface area contributed by atoms with Gasteiger partial charge in [0.2, 0.25) is 5.91 Å². The van der Waals surface area contributed by atoms with Crippen molar-refractivity contribution >= 4 is 13.0 Å². The van der Waals surface area contributed by atoms with Crippen LogP contribution in [0.2, 0.25) is 0 Å². The molecule has 1 amide bonds. The molecule has 86 valence electrons. The molecule has 0 aliphatic heterocycles. The monoisotopic (exact) mass is 219 g/mol. The SMILES string of the molecule is C=C/C=C(\C)B(O)N(C)C(=O)/C(C)=C/C=C. The first-order chi connectivity index (χ1) is 7.45. The van der Waals surface area contributed by atoms with Crippen LogP contribution >= 0.6 is 0 Å². The number of hydrogen-bond acceptors (Lipinski definition) is 2. The number of carbonyl (C=O) groups is 1. The van der Waals surface area contributed by atoms with Gasteiger partial charge >= 0.3 is 7.05 Å². The summed E-state index contributed by atoms with van der Waals surface area (Å²) >= 11 is 0. The van der Waals surface area contributed by atoms with Gasteiger partial charge in [-0.3, -0.25) is 4.79 Å². The van der Waals surface area contributed by atoms with Crippen molar-refractivity contribution in [2.45, 2.75) is 13.8 Å². The summed E-state index contributed by atoms with van der Waals surface area (Å²) in [6.45, 7) is 10.5. The third-order valence-corrected chi connectivity index (χ3v) is 2.18. The molecule has 16 heavy (non-hydrogen) atoms. The molecule has 0 aromatic carbocycles. The van der Waals surface area contributed by atoms with Gasteiger partial charge in [-0.1, -0.05) is 42.9 Å². The minimum absolute atomic E-state index is 0.232. The number of amides is 1. The fourth-order valence-electron chi connectivity index (χ4n) is 1.21. The zero-order valence-corrected chi connectivity index (χ0v) is 10.1. The maximum atomic E-state index is 11.8. The minimum Gasteiger partial charge on any atom is -0.429 e. The first-order valence-corrected chi connectivity index (χ1v) is 4.99. The van der Waals surface area contributed by atoms with Gasteiger partial charge in [0.05, 0.1) is 0 Å². The van der Waals surface area contributed by atoms with Crippen molar-refractivity contribution in [3.05, 3.63) is 48.5 Å². The predicted octanol–water partition coefficient (Wildman–Crippen LogP) is 1.73. The van der Waals surface area contributed by atoms with Gasteiger partial charge < -0.3 is 9.83 Å². The minimum atomic E-state index is -0.932. The molecule has 0 radical (unpaired) electrons. The molecule has 0 aliphatic carbocycles. The third kappa shape index (κ3) is 3.91. The Hall–Kier alpha value is -1.55. The Morgan fingerprint density at radius 1 is 1.25 bits per heavy atom. The third-order valence-electron chi connectivity index (χ3n) is 2.18. The van der Waals surface area contributed by atoms with E-state index in [0.29, 0.717) is 11.0 Å². The van der Waals surface area contributed by atoms with Crippen LogP contribution in [0.15, 0.2) is 48.5 Å². The van der Waals surface area contributed by atoms with E-state index in [1.807, 2.05) is 0 Å². The molecule has 4 heteroatoms. The van der Waals surface area contributed by atoms with Crippen molar-refractivity contribution in [3.63, 3.8) is 0 Å². The zero-order valence-electron chi connectivity index (χ0n) is 10.1. The molecule has 0 bridgehead atoms. The first-order valence-electron chi connectivity index (χ1n) is 4.99. The summed E-state index contributed by atoms with van der Waals surface area (Å²) in [4.78, 5) is 13.0. The number of nitrogens with zero attached hydrogens (tertiary/aromatic N) is 1. The Balaban J connectivity index is 4.80. The van der Waals surface area contributed by atoms with E-state index < -0.39 is 7.05 Å². The second kappa shape index (κ2) is 6.85. The lowest BCUT2D eigenvalue weighted by atomic mass is 9.71. The van der Waals surface area contributed by atoms with Gasteiger partial charge in [-0.25, -0.2) is 0 Å².